The summed E-state index contributed by atoms with van der Waals surface area (Å²) in [6.45, 7) is 6.30. The maximum atomic E-state index is 5.72. The molecule has 0 aromatic carbocycles. The molecular formula is C12H23NO2. The lowest BCUT2D eigenvalue weighted by Gasteiger charge is -2.33. The van der Waals surface area contributed by atoms with Crippen LogP contribution >= 0.6 is 0 Å². The van der Waals surface area contributed by atoms with Crippen molar-refractivity contribution in [1.82, 2.24) is 5.32 Å². The maximum absolute atomic E-state index is 5.72. The molecule has 15 heavy (non-hydrogen) atoms. The van der Waals surface area contributed by atoms with E-state index in [1.54, 1.807) is 0 Å². The molecule has 1 unspecified atom stereocenters. The summed E-state index contributed by atoms with van der Waals surface area (Å²) in [4.78, 5) is 0. The fraction of sp³-hybridized carbons (Fsp3) is 1.00. The number of rotatable bonds is 3. The number of hydrogen-bond acceptors (Lipinski definition) is 3. The van der Waals surface area contributed by atoms with Gasteiger partial charge in [0.2, 0.25) is 0 Å². The zero-order valence-electron chi connectivity index (χ0n) is 9.87. The van der Waals surface area contributed by atoms with Crippen molar-refractivity contribution >= 4 is 0 Å². The van der Waals surface area contributed by atoms with Crippen molar-refractivity contribution in [3.8, 4) is 0 Å². The van der Waals surface area contributed by atoms with E-state index in [4.69, 9.17) is 9.47 Å². The van der Waals surface area contributed by atoms with Gasteiger partial charge < -0.3 is 14.8 Å². The van der Waals surface area contributed by atoms with Gasteiger partial charge in [0.05, 0.1) is 18.3 Å². The van der Waals surface area contributed by atoms with Gasteiger partial charge in [0.15, 0.2) is 0 Å². The highest BCUT2D eigenvalue weighted by Gasteiger charge is 2.25. The van der Waals surface area contributed by atoms with Crippen molar-refractivity contribution in [1.29, 1.82) is 0 Å². The van der Waals surface area contributed by atoms with Gasteiger partial charge in [-0.2, -0.15) is 0 Å². The second-order valence-electron chi connectivity index (χ2n) is 4.97. The lowest BCUT2D eigenvalue weighted by Crippen LogP contribution is -2.43. The predicted octanol–water partition coefficient (Wildman–Crippen LogP) is 1.71. The van der Waals surface area contributed by atoms with E-state index in [2.05, 4.69) is 19.2 Å². The summed E-state index contributed by atoms with van der Waals surface area (Å²) >= 11 is 0. The van der Waals surface area contributed by atoms with Gasteiger partial charge >= 0.3 is 0 Å². The van der Waals surface area contributed by atoms with Gasteiger partial charge in [0.1, 0.15) is 0 Å². The second kappa shape index (κ2) is 5.28. The Morgan fingerprint density at radius 2 is 1.93 bits per heavy atom. The topological polar surface area (TPSA) is 30.5 Å². The highest BCUT2D eigenvalue weighted by Crippen LogP contribution is 2.19. The molecule has 3 heteroatoms. The van der Waals surface area contributed by atoms with Crippen LogP contribution in [0.25, 0.3) is 0 Å². The van der Waals surface area contributed by atoms with Crippen LogP contribution in [-0.4, -0.2) is 37.5 Å². The van der Waals surface area contributed by atoms with Crippen LogP contribution in [0.2, 0.25) is 0 Å². The third-order valence-corrected chi connectivity index (χ3v) is 3.36. The molecule has 2 rings (SSSR count). The molecule has 4 atom stereocenters. The predicted molar refractivity (Wildman–Crippen MR) is 60.0 cm³/mol. The van der Waals surface area contributed by atoms with Crippen LogP contribution in [0.4, 0.5) is 0 Å². The molecule has 0 radical (unpaired) electrons. The first-order valence-electron chi connectivity index (χ1n) is 6.24. The molecule has 2 heterocycles. The third kappa shape index (κ3) is 3.44. The van der Waals surface area contributed by atoms with Crippen molar-refractivity contribution in [3.05, 3.63) is 0 Å². The summed E-state index contributed by atoms with van der Waals surface area (Å²) < 4.78 is 11.3. The zero-order valence-corrected chi connectivity index (χ0v) is 9.87. The Morgan fingerprint density at radius 1 is 1.20 bits per heavy atom. The number of ether oxygens (including phenoxy) is 2. The molecule has 2 aliphatic heterocycles. The van der Waals surface area contributed by atoms with Gasteiger partial charge in [-0.05, 0) is 39.5 Å². The van der Waals surface area contributed by atoms with Crippen LogP contribution in [-0.2, 0) is 9.47 Å². The first-order chi connectivity index (χ1) is 7.24. The fourth-order valence-corrected chi connectivity index (χ4v) is 2.68. The van der Waals surface area contributed by atoms with Gasteiger partial charge in [-0.15, -0.1) is 0 Å². The minimum atomic E-state index is 0.399. The normalized spacial score (nSPS) is 42.0. The van der Waals surface area contributed by atoms with Gasteiger partial charge in [0, 0.05) is 19.2 Å². The average Bonchev–Trinajstić information content (AvgIpc) is 2.65. The van der Waals surface area contributed by atoms with Gasteiger partial charge in [-0.1, -0.05) is 0 Å². The Bertz CT molecular complexity index is 182. The first kappa shape index (κ1) is 11.4. The van der Waals surface area contributed by atoms with Crippen molar-refractivity contribution in [2.24, 2.45) is 0 Å². The highest BCUT2D eigenvalue weighted by atomic mass is 16.5. The van der Waals surface area contributed by atoms with E-state index >= 15 is 0 Å². The van der Waals surface area contributed by atoms with Crippen LogP contribution < -0.4 is 5.32 Å². The summed E-state index contributed by atoms with van der Waals surface area (Å²) in [7, 11) is 0. The molecular weight excluding hydrogens is 190 g/mol. The van der Waals surface area contributed by atoms with E-state index in [0.717, 1.165) is 26.0 Å². The van der Waals surface area contributed by atoms with E-state index in [9.17, 15) is 0 Å². The van der Waals surface area contributed by atoms with Crippen molar-refractivity contribution in [2.75, 3.05) is 13.2 Å². The molecule has 0 aromatic rings. The van der Waals surface area contributed by atoms with Crippen LogP contribution in [0, 0.1) is 0 Å². The molecule has 2 saturated heterocycles. The monoisotopic (exact) mass is 213 g/mol. The molecule has 0 saturated carbocycles. The van der Waals surface area contributed by atoms with E-state index in [0.29, 0.717) is 24.4 Å². The highest BCUT2D eigenvalue weighted by molar-refractivity contribution is 4.80. The van der Waals surface area contributed by atoms with Crippen molar-refractivity contribution in [3.63, 3.8) is 0 Å². The van der Waals surface area contributed by atoms with Crippen LogP contribution in [0.1, 0.15) is 39.5 Å². The second-order valence-corrected chi connectivity index (χ2v) is 4.97. The largest absolute Gasteiger partial charge is 0.377 e. The van der Waals surface area contributed by atoms with Gasteiger partial charge in [-0.3, -0.25) is 0 Å². The molecule has 0 aliphatic carbocycles. The molecule has 0 amide bonds. The first-order valence-corrected chi connectivity index (χ1v) is 6.24. The lowest BCUT2D eigenvalue weighted by atomic mass is 9.99. The SMILES string of the molecule is C[C@@H]1CC(NC[C@@H]2CCCO2)C[C@H](C)O1. The molecule has 0 bridgehead atoms. The number of hydrogen-bond donors (Lipinski definition) is 1. The van der Waals surface area contributed by atoms with Crippen molar-refractivity contribution in [2.45, 2.75) is 63.9 Å². The maximum Gasteiger partial charge on any atom is 0.0700 e. The minimum absolute atomic E-state index is 0.399. The van der Waals surface area contributed by atoms with E-state index < -0.39 is 0 Å². The molecule has 1 N–H and O–H groups in total. The van der Waals surface area contributed by atoms with Crippen LogP contribution in [0.15, 0.2) is 0 Å². The molecule has 0 aromatic heterocycles. The van der Waals surface area contributed by atoms with E-state index in [1.165, 1.54) is 12.8 Å². The fourth-order valence-electron chi connectivity index (χ4n) is 2.68. The third-order valence-electron chi connectivity index (χ3n) is 3.36. The Hall–Kier alpha value is -0.120. The lowest BCUT2D eigenvalue weighted by molar-refractivity contribution is -0.0436. The molecule has 2 fully saturated rings. The summed E-state index contributed by atoms with van der Waals surface area (Å²) in [5, 5.41) is 3.62. The summed E-state index contributed by atoms with van der Waals surface area (Å²) in [5.41, 5.74) is 0. The molecule has 3 nitrogen and oxygen atoms in total. The standard InChI is InChI=1S/C12H23NO2/c1-9-6-11(7-10(2)15-9)13-8-12-4-3-5-14-12/h9-13H,3-8H2,1-2H3/t9-,10+,11?,12-/m0/s1. The Balaban J connectivity index is 1.69. The quantitative estimate of drug-likeness (QED) is 0.774. The van der Waals surface area contributed by atoms with Crippen molar-refractivity contribution < 1.29 is 9.47 Å². The molecule has 2 aliphatic rings. The van der Waals surface area contributed by atoms with Crippen LogP contribution in [0.3, 0.4) is 0 Å². The Kier molecular flexibility index (Phi) is 4.00. The number of nitrogens with one attached hydrogen (secondary N) is 1. The van der Waals surface area contributed by atoms with Gasteiger partial charge in [-0.25, -0.2) is 0 Å². The Labute approximate surface area is 92.5 Å². The van der Waals surface area contributed by atoms with Crippen LogP contribution in [0.5, 0.6) is 0 Å². The van der Waals surface area contributed by atoms with E-state index in [1.807, 2.05) is 0 Å². The smallest absolute Gasteiger partial charge is 0.0700 e. The molecule has 88 valence electrons. The summed E-state index contributed by atoms with van der Waals surface area (Å²) in [6, 6.07) is 0.618. The average molecular weight is 213 g/mol. The Morgan fingerprint density at radius 3 is 2.53 bits per heavy atom. The molecule has 0 spiro atoms. The minimum Gasteiger partial charge on any atom is -0.377 e. The zero-order chi connectivity index (χ0) is 10.7. The summed E-state index contributed by atoms with van der Waals surface area (Å²) in [5.74, 6) is 0. The van der Waals surface area contributed by atoms with Gasteiger partial charge in [0.25, 0.3) is 0 Å². The van der Waals surface area contributed by atoms with E-state index in [-0.39, 0.29) is 0 Å². The summed E-state index contributed by atoms with van der Waals surface area (Å²) in [6.07, 6.45) is 5.98.